The van der Waals surface area contributed by atoms with Crippen LogP contribution in [0.3, 0.4) is 0 Å². The quantitative estimate of drug-likeness (QED) is 0.803. The summed E-state index contributed by atoms with van der Waals surface area (Å²) in [4.78, 5) is 0. The smallest absolute Gasteiger partial charge is 0.123 e. The Morgan fingerprint density at radius 1 is 1.31 bits per heavy atom. The average Bonchev–Trinajstić information content (AvgIpc) is 2.23. The Balaban J connectivity index is 2.03. The van der Waals surface area contributed by atoms with Crippen LogP contribution in [0.2, 0.25) is 0 Å². The highest BCUT2D eigenvalue weighted by atomic mass is 19.1. The number of benzene rings is 1. The van der Waals surface area contributed by atoms with Gasteiger partial charge in [-0.15, -0.1) is 0 Å². The zero-order valence-electron chi connectivity index (χ0n) is 9.45. The first-order valence-corrected chi connectivity index (χ1v) is 5.86. The summed E-state index contributed by atoms with van der Waals surface area (Å²) in [6.07, 6.45) is 4.57. The van der Waals surface area contributed by atoms with Crippen molar-refractivity contribution in [2.24, 2.45) is 11.5 Å². The lowest BCUT2D eigenvalue weighted by molar-refractivity contribution is 0.271. The molecule has 1 aromatic carbocycles. The van der Waals surface area contributed by atoms with Crippen molar-refractivity contribution in [3.05, 3.63) is 35.6 Å². The maximum Gasteiger partial charge on any atom is 0.123 e. The van der Waals surface area contributed by atoms with Gasteiger partial charge in [0.25, 0.3) is 0 Å². The largest absolute Gasteiger partial charge is 0.328 e. The SMILES string of the molecule is NC1CCC(N)(Cc2cccc(F)c2)CC1. The number of nitrogens with two attached hydrogens (primary N) is 2. The van der Waals surface area contributed by atoms with Gasteiger partial charge in [0.15, 0.2) is 0 Å². The van der Waals surface area contributed by atoms with Crippen LogP contribution in [0.25, 0.3) is 0 Å². The molecule has 0 radical (unpaired) electrons. The minimum Gasteiger partial charge on any atom is -0.328 e. The van der Waals surface area contributed by atoms with Gasteiger partial charge in [-0.05, 0) is 49.8 Å². The van der Waals surface area contributed by atoms with Crippen molar-refractivity contribution in [2.45, 2.75) is 43.7 Å². The molecule has 0 aliphatic heterocycles. The molecule has 1 aliphatic rings. The van der Waals surface area contributed by atoms with Crippen molar-refractivity contribution in [3.8, 4) is 0 Å². The molecule has 4 N–H and O–H groups in total. The van der Waals surface area contributed by atoms with E-state index >= 15 is 0 Å². The van der Waals surface area contributed by atoms with Crippen molar-refractivity contribution in [1.29, 1.82) is 0 Å². The standard InChI is InChI=1S/C13H19FN2/c14-11-3-1-2-10(8-11)9-13(16)6-4-12(15)5-7-13/h1-3,8,12H,4-7,9,15-16H2. The summed E-state index contributed by atoms with van der Waals surface area (Å²) in [6, 6.07) is 7.01. The van der Waals surface area contributed by atoms with E-state index in [1.54, 1.807) is 12.1 Å². The van der Waals surface area contributed by atoms with Gasteiger partial charge in [0.05, 0.1) is 0 Å². The van der Waals surface area contributed by atoms with E-state index in [2.05, 4.69) is 0 Å². The Morgan fingerprint density at radius 3 is 2.62 bits per heavy atom. The normalized spacial score (nSPS) is 30.3. The third-order valence-electron chi connectivity index (χ3n) is 3.47. The molecule has 0 atom stereocenters. The molecule has 0 spiro atoms. The first-order chi connectivity index (χ1) is 7.57. The number of hydrogen-bond donors (Lipinski definition) is 2. The number of rotatable bonds is 2. The molecule has 88 valence electrons. The molecule has 0 saturated heterocycles. The van der Waals surface area contributed by atoms with Crippen LogP contribution in [-0.4, -0.2) is 11.6 Å². The van der Waals surface area contributed by atoms with Crippen LogP contribution < -0.4 is 11.5 Å². The van der Waals surface area contributed by atoms with Crippen molar-refractivity contribution in [1.82, 2.24) is 0 Å². The molecule has 0 bridgehead atoms. The van der Waals surface area contributed by atoms with Gasteiger partial charge in [-0.3, -0.25) is 0 Å². The minimum atomic E-state index is -0.191. The first kappa shape index (κ1) is 11.6. The second-order valence-electron chi connectivity index (χ2n) is 5.01. The summed E-state index contributed by atoms with van der Waals surface area (Å²) in [6.45, 7) is 0. The molecule has 16 heavy (non-hydrogen) atoms. The van der Waals surface area contributed by atoms with E-state index in [0.717, 1.165) is 37.7 Å². The molecular weight excluding hydrogens is 203 g/mol. The van der Waals surface area contributed by atoms with E-state index in [1.807, 2.05) is 6.07 Å². The lowest BCUT2D eigenvalue weighted by Gasteiger charge is -2.36. The number of halogens is 1. The molecule has 3 heteroatoms. The van der Waals surface area contributed by atoms with Crippen LogP contribution in [-0.2, 0) is 6.42 Å². The van der Waals surface area contributed by atoms with E-state index in [-0.39, 0.29) is 11.4 Å². The van der Waals surface area contributed by atoms with Crippen LogP contribution in [0.4, 0.5) is 4.39 Å². The second-order valence-corrected chi connectivity index (χ2v) is 5.01. The zero-order chi connectivity index (χ0) is 11.6. The van der Waals surface area contributed by atoms with Crippen LogP contribution in [0.5, 0.6) is 0 Å². The first-order valence-electron chi connectivity index (χ1n) is 5.86. The van der Waals surface area contributed by atoms with E-state index in [9.17, 15) is 4.39 Å². The molecule has 0 unspecified atom stereocenters. The molecule has 0 aromatic heterocycles. The topological polar surface area (TPSA) is 52.0 Å². The third-order valence-corrected chi connectivity index (χ3v) is 3.47. The van der Waals surface area contributed by atoms with Crippen LogP contribution in [0, 0.1) is 5.82 Å². The van der Waals surface area contributed by atoms with Crippen LogP contribution in [0.1, 0.15) is 31.2 Å². The van der Waals surface area contributed by atoms with Gasteiger partial charge < -0.3 is 11.5 Å². The average molecular weight is 222 g/mol. The summed E-state index contributed by atoms with van der Waals surface area (Å²) in [7, 11) is 0. The van der Waals surface area contributed by atoms with Crippen molar-refractivity contribution >= 4 is 0 Å². The van der Waals surface area contributed by atoms with Gasteiger partial charge in [0.2, 0.25) is 0 Å². The summed E-state index contributed by atoms with van der Waals surface area (Å²) in [5.74, 6) is -0.186. The Morgan fingerprint density at radius 2 is 2.00 bits per heavy atom. The predicted molar refractivity (Wildman–Crippen MR) is 63.5 cm³/mol. The summed E-state index contributed by atoms with van der Waals surface area (Å²) < 4.78 is 13.0. The van der Waals surface area contributed by atoms with Crippen molar-refractivity contribution in [2.75, 3.05) is 0 Å². The summed E-state index contributed by atoms with van der Waals surface area (Å²) in [5, 5.41) is 0. The van der Waals surface area contributed by atoms with Gasteiger partial charge in [-0.1, -0.05) is 12.1 Å². The van der Waals surface area contributed by atoms with Gasteiger partial charge in [0, 0.05) is 11.6 Å². The van der Waals surface area contributed by atoms with Gasteiger partial charge in [-0.2, -0.15) is 0 Å². The molecule has 0 heterocycles. The van der Waals surface area contributed by atoms with Crippen LogP contribution >= 0.6 is 0 Å². The fourth-order valence-electron chi connectivity index (χ4n) is 2.45. The second kappa shape index (κ2) is 4.52. The van der Waals surface area contributed by atoms with Crippen molar-refractivity contribution in [3.63, 3.8) is 0 Å². The Labute approximate surface area is 95.8 Å². The molecule has 1 fully saturated rings. The predicted octanol–water partition coefficient (Wildman–Crippen LogP) is 1.97. The molecule has 1 saturated carbocycles. The Kier molecular flexibility index (Phi) is 3.26. The minimum absolute atomic E-state index is 0.186. The number of hydrogen-bond acceptors (Lipinski definition) is 2. The fourth-order valence-corrected chi connectivity index (χ4v) is 2.45. The molecule has 2 nitrogen and oxygen atoms in total. The zero-order valence-corrected chi connectivity index (χ0v) is 9.45. The highest BCUT2D eigenvalue weighted by Gasteiger charge is 2.30. The van der Waals surface area contributed by atoms with E-state index in [1.165, 1.54) is 6.07 Å². The van der Waals surface area contributed by atoms with Gasteiger partial charge >= 0.3 is 0 Å². The molecule has 1 aromatic rings. The lowest BCUT2D eigenvalue weighted by atomic mass is 9.77. The van der Waals surface area contributed by atoms with Gasteiger partial charge in [-0.25, -0.2) is 4.39 Å². The van der Waals surface area contributed by atoms with Gasteiger partial charge in [0.1, 0.15) is 5.82 Å². The lowest BCUT2D eigenvalue weighted by Crippen LogP contribution is -2.47. The maximum atomic E-state index is 13.0. The van der Waals surface area contributed by atoms with E-state index < -0.39 is 0 Å². The fraction of sp³-hybridized carbons (Fsp3) is 0.538. The van der Waals surface area contributed by atoms with Crippen molar-refractivity contribution < 1.29 is 4.39 Å². The highest BCUT2D eigenvalue weighted by molar-refractivity contribution is 5.19. The third kappa shape index (κ3) is 2.80. The highest BCUT2D eigenvalue weighted by Crippen LogP contribution is 2.28. The van der Waals surface area contributed by atoms with Crippen LogP contribution in [0.15, 0.2) is 24.3 Å². The Hall–Kier alpha value is -0.930. The molecule has 2 rings (SSSR count). The molecule has 1 aliphatic carbocycles. The van der Waals surface area contributed by atoms with E-state index in [4.69, 9.17) is 11.5 Å². The molecule has 0 amide bonds. The summed E-state index contributed by atoms with van der Waals surface area (Å²) >= 11 is 0. The Bertz CT molecular complexity index is 357. The van der Waals surface area contributed by atoms with E-state index in [0.29, 0.717) is 6.04 Å². The maximum absolute atomic E-state index is 13.0. The molecular formula is C13H19FN2. The summed E-state index contributed by atoms with van der Waals surface area (Å²) in [5.41, 5.74) is 13.0. The monoisotopic (exact) mass is 222 g/mol.